The van der Waals surface area contributed by atoms with Crippen LogP contribution in [0.2, 0.25) is 0 Å². The maximum Gasteiger partial charge on any atom is 0.247 e. The van der Waals surface area contributed by atoms with Crippen LogP contribution in [0.4, 0.5) is 5.69 Å². The Kier molecular flexibility index (Phi) is 6.94. The molecule has 1 unspecified atom stereocenters. The Morgan fingerprint density at radius 1 is 1.06 bits per heavy atom. The van der Waals surface area contributed by atoms with Gasteiger partial charge in [-0.25, -0.2) is 0 Å². The number of carbonyl (C=O) groups excluding carboxylic acids is 1. The van der Waals surface area contributed by atoms with E-state index >= 15 is 0 Å². The summed E-state index contributed by atoms with van der Waals surface area (Å²) < 4.78 is 11.1. The number of amides is 1. The summed E-state index contributed by atoms with van der Waals surface area (Å²) in [6.07, 6.45) is 1.65. The van der Waals surface area contributed by atoms with Crippen molar-refractivity contribution < 1.29 is 13.9 Å². The number of hydrogen-bond donors (Lipinski definition) is 1. The van der Waals surface area contributed by atoms with Gasteiger partial charge >= 0.3 is 0 Å². The summed E-state index contributed by atoms with van der Waals surface area (Å²) in [5, 5.41) is 11.2. The molecule has 1 fully saturated rings. The quantitative estimate of drug-likeness (QED) is 0.597. The number of aryl methyl sites for hydroxylation is 1. The zero-order valence-corrected chi connectivity index (χ0v) is 17.8. The average molecular weight is 421 g/mol. The van der Waals surface area contributed by atoms with Gasteiger partial charge in [-0.05, 0) is 43.2 Å². The minimum Gasteiger partial charge on any atom is -0.421 e. The number of morpholine rings is 1. The van der Waals surface area contributed by atoms with E-state index in [0.29, 0.717) is 31.0 Å². The van der Waals surface area contributed by atoms with Crippen molar-refractivity contribution in [2.75, 3.05) is 31.2 Å². The van der Waals surface area contributed by atoms with Crippen LogP contribution in [-0.4, -0.2) is 42.4 Å². The van der Waals surface area contributed by atoms with Crippen molar-refractivity contribution in [1.29, 1.82) is 0 Å². The van der Waals surface area contributed by atoms with Gasteiger partial charge in [0.1, 0.15) is 0 Å². The molecule has 2 heterocycles. The van der Waals surface area contributed by atoms with Crippen molar-refractivity contribution in [3.63, 3.8) is 0 Å². The normalized spacial score (nSPS) is 14.9. The highest BCUT2D eigenvalue weighted by Crippen LogP contribution is 2.21. The monoisotopic (exact) mass is 420 g/mol. The molecule has 0 saturated carbocycles. The van der Waals surface area contributed by atoms with E-state index in [2.05, 4.69) is 44.7 Å². The Labute approximate surface area is 182 Å². The van der Waals surface area contributed by atoms with E-state index in [1.54, 1.807) is 0 Å². The Morgan fingerprint density at radius 2 is 1.81 bits per heavy atom. The molecule has 0 bridgehead atoms. The fourth-order valence-electron chi connectivity index (χ4n) is 3.64. The van der Waals surface area contributed by atoms with Crippen LogP contribution in [0.25, 0.3) is 11.5 Å². The summed E-state index contributed by atoms with van der Waals surface area (Å²) >= 11 is 0. The van der Waals surface area contributed by atoms with E-state index in [1.807, 2.05) is 37.3 Å². The Balaban J connectivity index is 1.22. The van der Waals surface area contributed by atoms with Gasteiger partial charge in [-0.1, -0.05) is 30.3 Å². The van der Waals surface area contributed by atoms with Crippen molar-refractivity contribution in [2.24, 2.45) is 0 Å². The largest absolute Gasteiger partial charge is 0.421 e. The molecule has 0 spiro atoms. The lowest BCUT2D eigenvalue weighted by Gasteiger charge is -2.29. The zero-order valence-electron chi connectivity index (χ0n) is 17.8. The predicted molar refractivity (Wildman–Crippen MR) is 119 cm³/mol. The second-order valence-electron chi connectivity index (χ2n) is 7.70. The summed E-state index contributed by atoms with van der Waals surface area (Å²) in [5.41, 5.74) is 3.18. The van der Waals surface area contributed by atoms with Crippen molar-refractivity contribution in [2.45, 2.75) is 32.2 Å². The van der Waals surface area contributed by atoms with Crippen LogP contribution in [0.5, 0.6) is 0 Å². The van der Waals surface area contributed by atoms with Crippen LogP contribution in [0.15, 0.2) is 59.0 Å². The molecule has 1 saturated heterocycles. The van der Waals surface area contributed by atoms with Crippen LogP contribution in [0, 0.1) is 0 Å². The molecule has 0 radical (unpaired) electrons. The number of hydrogen-bond acceptors (Lipinski definition) is 6. The third-order valence-corrected chi connectivity index (χ3v) is 5.43. The molecule has 31 heavy (non-hydrogen) atoms. The van der Waals surface area contributed by atoms with Gasteiger partial charge in [-0.3, -0.25) is 4.79 Å². The van der Waals surface area contributed by atoms with Gasteiger partial charge in [0.25, 0.3) is 0 Å². The highest BCUT2D eigenvalue weighted by atomic mass is 16.5. The molecule has 7 nitrogen and oxygen atoms in total. The van der Waals surface area contributed by atoms with Gasteiger partial charge in [0.15, 0.2) is 0 Å². The Morgan fingerprint density at radius 3 is 2.55 bits per heavy atom. The standard InChI is InChI=1S/C24H28N4O3/c1-18(19-10-12-21(13-11-19)28-14-16-30-17-15-28)25-22(29)8-5-9-23-26-27-24(31-23)20-6-3-2-4-7-20/h2-4,6-7,10-13,18H,5,8-9,14-17H2,1H3,(H,25,29). The molecule has 162 valence electrons. The maximum absolute atomic E-state index is 12.4. The molecule has 1 atom stereocenters. The lowest BCUT2D eigenvalue weighted by molar-refractivity contribution is -0.121. The molecule has 7 heteroatoms. The topological polar surface area (TPSA) is 80.5 Å². The van der Waals surface area contributed by atoms with E-state index < -0.39 is 0 Å². The number of carbonyl (C=O) groups is 1. The van der Waals surface area contributed by atoms with Gasteiger partial charge in [0, 0.05) is 37.2 Å². The number of ether oxygens (including phenoxy) is 1. The van der Waals surface area contributed by atoms with Gasteiger partial charge < -0.3 is 19.4 Å². The minimum atomic E-state index is -0.0423. The van der Waals surface area contributed by atoms with Crippen molar-refractivity contribution >= 4 is 11.6 Å². The number of aromatic nitrogens is 2. The summed E-state index contributed by atoms with van der Waals surface area (Å²) in [6.45, 7) is 5.37. The zero-order chi connectivity index (χ0) is 21.5. The number of anilines is 1. The number of nitrogens with zero attached hydrogens (tertiary/aromatic N) is 3. The molecule has 4 rings (SSSR count). The molecule has 3 aromatic rings. The first-order chi connectivity index (χ1) is 15.2. The molecule has 1 aliphatic rings. The minimum absolute atomic E-state index is 0.0209. The number of nitrogens with one attached hydrogen (secondary N) is 1. The molecule has 1 aliphatic heterocycles. The van der Waals surface area contributed by atoms with Crippen molar-refractivity contribution in [3.8, 4) is 11.5 Å². The van der Waals surface area contributed by atoms with E-state index in [1.165, 1.54) is 5.69 Å². The third kappa shape index (κ3) is 5.70. The highest BCUT2D eigenvalue weighted by molar-refractivity contribution is 5.76. The molecule has 2 aromatic carbocycles. The van der Waals surface area contributed by atoms with Crippen LogP contribution in [-0.2, 0) is 16.0 Å². The fraction of sp³-hybridized carbons (Fsp3) is 0.375. The van der Waals surface area contributed by atoms with Crippen LogP contribution in [0.3, 0.4) is 0 Å². The first-order valence-corrected chi connectivity index (χ1v) is 10.8. The lowest BCUT2D eigenvalue weighted by Crippen LogP contribution is -2.36. The fourth-order valence-corrected chi connectivity index (χ4v) is 3.64. The summed E-state index contributed by atoms with van der Waals surface area (Å²) in [6, 6.07) is 18.0. The van der Waals surface area contributed by atoms with Gasteiger partial charge in [-0.2, -0.15) is 0 Å². The summed E-state index contributed by atoms with van der Waals surface area (Å²) in [4.78, 5) is 14.7. The second kappa shape index (κ2) is 10.2. The van der Waals surface area contributed by atoms with Crippen molar-refractivity contribution in [1.82, 2.24) is 15.5 Å². The number of rotatable bonds is 8. The second-order valence-corrected chi connectivity index (χ2v) is 7.70. The van der Waals surface area contributed by atoms with Gasteiger partial charge in [-0.15, -0.1) is 10.2 Å². The Bertz CT molecular complexity index is 966. The molecule has 1 aromatic heterocycles. The first-order valence-electron chi connectivity index (χ1n) is 10.8. The van der Waals surface area contributed by atoms with Crippen LogP contribution < -0.4 is 10.2 Å². The van der Waals surface area contributed by atoms with Crippen molar-refractivity contribution in [3.05, 3.63) is 66.1 Å². The van der Waals surface area contributed by atoms with E-state index in [0.717, 1.165) is 37.4 Å². The molecule has 0 aliphatic carbocycles. The molecule has 1 amide bonds. The average Bonchev–Trinajstić information content (AvgIpc) is 3.29. The molecule has 1 N–H and O–H groups in total. The predicted octanol–water partition coefficient (Wildman–Crippen LogP) is 3.77. The number of benzene rings is 2. The van der Waals surface area contributed by atoms with Gasteiger partial charge in [0.2, 0.25) is 17.7 Å². The molecular weight excluding hydrogens is 392 g/mol. The summed E-state index contributed by atoms with van der Waals surface area (Å²) in [7, 11) is 0. The SMILES string of the molecule is CC(NC(=O)CCCc1nnc(-c2ccccc2)o1)c1ccc(N2CCOCC2)cc1. The Hall–Kier alpha value is -3.19. The van der Waals surface area contributed by atoms with Gasteiger partial charge in [0.05, 0.1) is 19.3 Å². The van der Waals surface area contributed by atoms with E-state index in [9.17, 15) is 4.79 Å². The van der Waals surface area contributed by atoms with E-state index in [-0.39, 0.29) is 11.9 Å². The molecular formula is C24H28N4O3. The lowest BCUT2D eigenvalue weighted by atomic mass is 10.1. The maximum atomic E-state index is 12.4. The summed E-state index contributed by atoms with van der Waals surface area (Å²) in [5.74, 6) is 1.08. The van der Waals surface area contributed by atoms with E-state index in [4.69, 9.17) is 9.15 Å². The first kappa shape index (κ1) is 21.1. The smallest absolute Gasteiger partial charge is 0.247 e. The van der Waals surface area contributed by atoms with Crippen LogP contribution in [0.1, 0.15) is 37.3 Å². The highest BCUT2D eigenvalue weighted by Gasteiger charge is 2.14. The van der Waals surface area contributed by atoms with Crippen LogP contribution >= 0.6 is 0 Å². The third-order valence-electron chi connectivity index (χ3n) is 5.43.